The Morgan fingerprint density at radius 1 is 0.881 bits per heavy atom. The summed E-state index contributed by atoms with van der Waals surface area (Å²) in [4.78, 5) is 34.7. The lowest BCUT2D eigenvalue weighted by molar-refractivity contribution is -0.114. The first kappa shape index (κ1) is 27.7. The number of nitrogens with zero attached hydrogens (tertiary/aromatic N) is 3. The van der Waals surface area contributed by atoms with E-state index in [0.29, 0.717) is 30.1 Å². The van der Waals surface area contributed by atoms with Crippen LogP contribution in [0.15, 0.2) is 107 Å². The maximum atomic E-state index is 13.7. The highest BCUT2D eigenvalue weighted by molar-refractivity contribution is 8.04. The van der Waals surface area contributed by atoms with Gasteiger partial charge in [0.2, 0.25) is 0 Å². The van der Waals surface area contributed by atoms with E-state index in [2.05, 4.69) is 48.2 Å². The van der Waals surface area contributed by atoms with Gasteiger partial charge in [0.05, 0.1) is 24.2 Å². The standard InChI is InChI=1S/C35H33N3O3S/c1-25-6-5-7-27(22-25)24-38-31-8-3-4-9-32(31)42-33(35(38)40)23-26-10-12-28(13-11-26)34(39)37-20-18-36(19-21-37)29-14-16-30(41-2)17-15-29/h3-17,22-23H,18-21,24H2,1-2H3/b33-23+. The van der Waals surface area contributed by atoms with E-state index < -0.39 is 0 Å². The fraction of sp³-hybridized carbons (Fsp3) is 0.200. The van der Waals surface area contributed by atoms with Crippen LogP contribution in [-0.2, 0) is 11.3 Å². The highest BCUT2D eigenvalue weighted by Gasteiger charge is 2.29. The van der Waals surface area contributed by atoms with Crippen molar-refractivity contribution < 1.29 is 14.3 Å². The molecular formula is C35H33N3O3S. The molecule has 0 unspecified atom stereocenters. The lowest BCUT2D eigenvalue weighted by Crippen LogP contribution is -2.48. The van der Waals surface area contributed by atoms with Crippen molar-refractivity contribution in [3.05, 3.63) is 124 Å². The predicted octanol–water partition coefficient (Wildman–Crippen LogP) is 6.65. The Balaban J connectivity index is 1.14. The number of anilines is 2. The van der Waals surface area contributed by atoms with Gasteiger partial charge in [-0.25, -0.2) is 0 Å². The van der Waals surface area contributed by atoms with E-state index in [4.69, 9.17) is 4.74 Å². The first-order chi connectivity index (χ1) is 20.5. The van der Waals surface area contributed by atoms with Gasteiger partial charge in [0.1, 0.15) is 5.75 Å². The number of carbonyl (C=O) groups is 2. The van der Waals surface area contributed by atoms with Crippen LogP contribution in [0.4, 0.5) is 11.4 Å². The maximum absolute atomic E-state index is 13.7. The number of benzene rings is 4. The van der Waals surface area contributed by atoms with Crippen LogP contribution in [0.25, 0.3) is 6.08 Å². The number of ether oxygens (including phenoxy) is 1. The molecule has 0 spiro atoms. The number of methoxy groups -OCH3 is 1. The Morgan fingerprint density at radius 2 is 1.62 bits per heavy atom. The highest BCUT2D eigenvalue weighted by atomic mass is 32.2. The van der Waals surface area contributed by atoms with Gasteiger partial charge in [-0.15, -0.1) is 0 Å². The minimum absolute atomic E-state index is 0.0184. The quantitative estimate of drug-likeness (QED) is 0.241. The van der Waals surface area contributed by atoms with Gasteiger partial charge >= 0.3 is 0 Å². The average molecular weight is 576 g/mol. The summed E-state index contributed by atoms with van der Waals surface area (Å²) in [6.45, 7) is 5.46. The van der Waals surface area contributed by atoms with E-state index in [-0.39, 0.29) is 11.8 Å². The number of hydrogen-bond acceptors (Lipinski definition) is 5. The van der Waals surface area contributed by atoms with Crippen LogP contribution in [0.2, 0.25) is 0 Å². The van der Waals surface area contributed by atoms with Crippen LogP contribution < -0.4 is 14.5 Å². The van der Waals surface area contributed by atoms with Crippen LogP contribution in [0.1, 0.15) is 27.0 Å². The van der Waals surface area contributed by atoms with E-state index >= 15 is 0 Å². The molecule has 7 heteroatoms. The normalized spacial score (nSPS) is 16.0. The molecule has 212 valence electrons. The van der Waals surface area contributed by atoms with Gasteiger partial charge < -0.3 is 19.4 Å². The zero-order chi connectivity index (χ0) is 29.1. The fourth-order valence-corrected chi connectivity index (χ4v) is 6.49. The van der Waals surface area contributed by atoms with E-state index in [1.807, 2.05) is 76.5 Å². The van der Waals surface area contributed by atoms with Crippen molar-refractivity contribution in [1.29, 1.82) is 0 Å². The third-order valence-corrected chi connectivity index (χ3v) is 8.79. The molecule has 6 rings (SSSR count). The second-order valence-corrected chi connectivity index (χ2v) is 11.6. The molecule has 0 atom stereocenters. The molecule has 6 nitrogen and oxygen atoms in total. The lowest BCUT2D eigenvalue weighted by Gasteiger charge is -2.36. The first-order valence-electron chi connectivity index (χ1n) is 14.1. The number of para-hydroxylation sites is 1. The van der Waals surface area contributed by atoms with Gasteiger partial charge in [-0.2, -0.15) is 0 Å². The monoisotopic (exact) mass is 575 g/mol. The zero-order valence-electron chi connectivity index (χ0n) is 23.8. The second-order valence-electron chi connectivity index (χ2n) is 10.6. The molecule has 2 amide bonds. The van der Waals surface area contributed by atoms with Crippen molar-refractivity contribution in [2.75, 3.05) is 43.1 Å². The SMILES string of the molecule is COc1ccc(N2CCN(C(=O)c3ccc(/C=C4/Sc5ccccc5N(Cc5cccc(C)c5)C4=O)cc3)CC2)cc1. The highest BCUT2D eigenvalue weighted by Crippen LogP contribution is 2.42. The minimum Gasteiger partial charge on any atom is -0.497 e. The number of rotatable bonds is 6. The van der Waals surface area contributed by atoms with Crippen LogP contribution in [-0.4, -0.2) is 50.0 Å². The number of thioether (sulfide) groups is 1. The summed E-state index contributed by atoms with van der Waals surface area (Å²) in [5.41, 5.74) is 5.88. The molecule has 0 radical (unpaired) electrons. The Hall–Kier alpha value is -4.49. The summed E-state index contributed by atoms with van der Waals surface area (Å²) in [5, 5.41) is 0. The number of carbonyl (C=O) groups excluding carboxylic acids is 2. The largest absolute Gasteiger partial charge is 0.497 e. The van der Waals surface area contributed by atoms with Gasteiger partial charge in [-0.05, 0) is 72.7 Å². The zero-order valence-corrected chi connectivity index (χ0v) is 24.6. The number of aryl methyl sites for hydroxylation is 1. The van der Waals surface area contributed by atoms with Crippen molar-refractivity contribution in [1.82, 2.24) is 4.90 Å². The second kappa shape index (κ2) is 12.2. The maximum Gasteiger partial charge on any atom is 0.265 e. The van der Waals surface area contributed by atoms with Crippen molar-refractivity contribution in [3.63, 3.8) is 0 Å². The molecule has 1 fully saturated rings. The van der Waals surface area contributed by atoms with Gasteiger partial charge in [0.25, 0.3) is 11.8 Å². The molecule has 0 bridgehead atoms. The lowest BCUT2D eigenvalue weighted by atomic mass is 10.1. The van der Waals surface area contributed by atoms with Crippen LogP contribution in [0.5, 0.6) is 5.75 Å². The number of hydrogen-bond donors (Lipinski definition) is 0. The minimum atomic E-state index is -0.0184. The first-order valence-corrected chi connectivity index (χ1v) is 14.9. The smallest absolute Gasteiger partial charge is 0.265 e. The molecule has 42 heavy (non-hydrogen) atoms. The summed E-state index contributed by atoms with van der Waals surface area (Å²) in [6.07, 6.45) is 1.92. The molecular weight excluding hydrogens is 542 g/mol. The third kappa shape index (κ3) is 5.92. The van der Waals surface area contributed by atoms with Crippen molar-refractivity contribution in [2.45, 2.75) is 18.4 Å². The molecule has 0 N–H and O–H groups in total. The van der Waals surface area contributed by atoms with Crippen molar-refractivity contribution >= 4 is 41.0 Å². The summed E-state index contributed by atoms with van der Waals surface area (Å²) in [7, 11) is 1.66. The molecule has 4 aromatic carbocycles. The predicted molar refractivity (Wildman–Crippen MR) is 170 cm³/mol. The van der Waals surface area contributed by atoms with Crippen LogP contribution >= 0.6 is 11.8 Å². The van der Waals surface area contributed by atoms with E-state index in [1.54, 1.807) is 7.11 Å². The van der Waals surface area contributed by atoms with Gasteiger partial charge in [0.15, 0.2) is 0 Å². The third-order valence-electron chi connectivity index (χ3n) is 7.71. The van der Waals surface area contributed by atoms with Gasteiger partial charge in [-0.1, -0.05) is 65.9 Å². The van der Waals surface area contributed by atoms with Crippen LogP contribution in [0, 0.1) is 6.92 Å². The molecule has 0 saturated carbocycles. The van der Waals surface area contributed by atoms with Gasteiger partial charge in [-0.3, -0.25) is 9.59 Å². The van der Waals surface area contributed by atoms with E-state index in [1.165, 1.54) is 17.3 Å². The molecule has 2 heterocycles. The summed E-state index contributed by atoms with van der Waals surface area (Å²) in [6, 6.07) is 31.9. The number of fused-ring (bicyclic) bond motifs is 1. The Morgan fingerprint density at radius 3 is 2.33 bits per heavy atom. The summed E-state index contributed by atoms with van der Waals surface area (Å²) >= 11 is 1.49. The molecule has 2 aliphatic rings. The van der Waals surface area contributed by atoms with E-state index in [9.17, 15) is 9.59 Å². The number of amides is 2. The average Bonchev–Trinajstić information content (AvgIpc) is 3.03. The molecule has 4 aromatic rings. The molecule has 0 aromatic heterocycles. The molecule has 1 saturated heterocycles. The van der Waals surface area contributed by atoms with Crippen molar-refractivity contribution in [2.24, 2.45) is 0 Å². The molecule has 2 aliphatic heterocycles. The number of piperazine rings is 1. The Kier molecular flexibility index (Phi) is 8.02. The molecule has 0 aliphatic carbocycles. The van der Waals surface area contributed by atoms with E-state index in [0.717, 1.165) is 46.2 Å². The summed E-state index contributed by atoms with van der Waals surface area (Å²) < 4.78 is 5.26. The topological polar surface area (TPSA) is 53.1 Å². The fourth-order valence-electron chi connectivity index (χ4n) is 5.43. The summed E-state index contributed by atoms with van der Waals surface area (Å²) in [5.74, 6) is 0.850. The Bertz CT molecular complexity index is 1620. The van der Waals surface area contributed by atoms with Crippen LogP contribution in [0.3, 0.4) is 0 Å². The van der Waals surface area contributed by atoms with Crippen molar-refractivity contribution in [3.8, 4) is 5.75 Å². The Labute approximate surface area is 251 Å². The van der Waals surface area contributed by atoms with Gasteiger partial charge in [0, 0.05) is 42.3 Å².